The second kappa shape index (κ2) is 5.48. The molecular weight excluding hydrogens is 286 g/mol. The van der Waals surface area contributed by atoms with Crippen LogP contribution in [0.3, 0.4) is 0 Å². The molecule has 1 aromatic rings. The van der Waals surface area contributed by atoms with Gasteiger partial charge in [-0.2, -0.15) is 0 Å². The maximum absolute atomic E-state index is 12.9. The molecule has 0 amide bonds. The van der Waals surface area contributed by atoms with E-state index >= 15 is 0 Å². The predicted octanol–water partition coefficient (Wildman–Crippen LogP) is 3.88. The average Bonchev–Trinajstić information content (AvgIpc) is 2.44. The molecular formula is C20H23NO2. The highest BCUT2D eigenvalue weighted by atomic mass is 16.1. The van der Waals surface area contributed by atoms with E-state index in [9.17, 15) is 9.59 Å². The van der Waals surface area contributed by atoms with Crippen LogP contribution in [0.2, 0.25) is 0 Å². The van der Waals surface area contributed by atoms with Gasteiger partial charge in [-0.1, -0.05) is 44.2 Å². The molecule has 0 radical (unpaired) electrons. The van der Waals surface area contributed by atoms with E-state index in [2.05, 4.69) is 19.2 Å². The van der Waals surface area contributed by atoms with Crippen LogP contribution < -0.4 is 5.32 Å². The summed E-state index contributed by atoms with van der Waals surface area (Å²) in [6, 6.07) is 9.88. The van der Waals surface area contributed by atoms with Gasteiger partial charge in [-0.05, 0) is 31.2 Å². The van der Waals surface area contributed by atoms with Crippen LogP contribution in [0.4, 0.5) is 0 Å². The van der Waals surface area contributed by atoms with E-state index in [4.69, 9.17) is 0 Å². The number of benzene rings is 1. The molecule has 23 heavy (non-hydrogen) atoms. The van der Waals surface area contributed by atoms with Crippen LogP contribution in [0, 0.1) is 5.41 Å². The van der Waals surface area contributed by atoms with E-state index in [-0.39, 0.29) is 22.9 Å². The van der Waals surface area contributed by atoms with Crippen LogP contribution in [0.25, 0.3) is 0 Å². The van der Waals surface area contributed by atoms with Crippen molar-refractivity contribution >= 4 is 11.6 Å². The summed E-state index contributed by atoms with van der Waals surface area (Å²) in [7, 11) is 0. The first-order valence-electron chi connectivity index (χ1n) is 8.10. The van der Waals surface area contributed by atoms with Gasteiger partial charge >= 0.3 is 0 Å². The standard InChI is InChI=1S/C20H23NO2/c1-12-17(13(2)22)18(14-8-6-5-7-9-14)19-15(21-12)10-20(3,4)11-16(19)23/h5-9,18,21H,10-11H2,1-4H3/t18-/m0/s1. The lowest BCUT2D eigenvalue weighted by Gasteiger charge is -2.39. The first-order chi connectivity index (χ1) is 10.8. The summed E-state index contributed by atoms with van der Waals surface area (Å²) in [6.45, 7) is 7.75. The number of carbonyl (C=O) groups excluding carboxylic acids is 2. The van der Waals surface area contributed by atoms with Crippen molar-refractivity contribution < 1.29 is 9.59 Å². The Balaban J connectivity index is 2.20. The summed E-state index contributed by atoms with van der Waals surface area (Å²) in [4.78, 5) is 25.1. The third-order valence-electron chi connectivity index (χ3n) is 4.75. The molecule has 1 heterocycles. The highest BCUT2D eigenvalue weighted by Gasteiger charge is 2.41. The first-order valence-corrected chi connectivity index (χ1v) is 8.10. The Morgan fingerprint density at radius 3 is 2.43 bits per heavy atom. The topological polar surface area (TPSA) is 46.2 Å². The Labute approximate surface area is 137 Å². The number of rotatable bonds is 2. The molecule has 3 nitrogen and oxygen atoms in total. The zero-order valence-corrected chi connectivity index (χ0v) is 14.2. The number of ketones is 2. The van der Waals surface area contributed by atoms with Crippen LogP contribution in [-0.2, 0) is 9.59 Å². The normalized spacial score (nSPS) is 23.5. The van der Waals surface area contributed by atoms with Crippen LogP contribution in [0.5, 0.6) is 0 Å². The van der Waals surface area contributed by atoms with E-state index in [0.717, 1.165) is 29.0 Å². The average molecular weight is 309 g/mol. The molecule has 0 spiro atoms. The fourth-order valence-electron chi connectivity index (χ4n) is 3.88. The Hall–Kier alpha value is -2.16. The summed E-state index contributed by atoms with van der Waals surface area (Å²) >= 11 is 0. The van der Waals surface area contributed by atoms with Gasteiger partial charge in [0.1, 0.15) is 0 Å². The lowest BCUT2D eigenvalue weighted by molar-refractivity contribution is -0.118. The number of Topliss-reactive ketones (excluding diaryl/α,β-unsaturated/α-hetero) is 2. The molecule has 0 fully saturated rings. The van der Waals surface area contributed by atoms with Crippen molar-refractivity contribution in [1.29, 1.82) is 0 Å². The fraction of sp³-hybridized carbons (Fsp3) is 0.400. The first kappa shape index (κ1) is 15.7. The Bertz CT molecular complexity index is 738. The van der Waals surface area contributed by atoms with Gasteiger partial charge in [-0.25, -0.2) is 0 Å². The lowest BCUT2D eigenvalue weighted by atomic mass is 9.68. The summed E-state index contributed by atoms with van der Waals surface area (Å²) in [5.41, 5.74) is 4.32. The minimum absolute atomic E-state index is 0.0213. The van der Waals surface area contributed by atoms with E-state index in [1.165, 1.54) is 0 Å². The molecule has 0 aromatic heterocycles. The van der Waals surface area contributed by atoms with Crippen molar-refractivity contribution in [2.75, 3.05) is 0 Å². The number of allylic oxidation sites excluding steroid dienone is 4. The van der Waals surface area contributed by atoms with Crippen molar-refractivity contribution in [3.05, 3.63) is 58.4 Å². The third kappa shape index (κ3) is 2.76. The van der Waals surface area contributed by atoms with Gasteiger partial charge in [0, 0.05) is 34.9 Å². The molecule has 3 heteroatoms. The molecule has 2 aliphatic rings. The molecule has 0 saturated carbocycles. The van der Waals surface area contributed by atoms with Gasteiger partial charge in [0.15, 0.2) is 11.6 Å². The van der Waals surface area contributed by atoms with Crippen LogP contribution >= 0.6 is 0 Å². The molecule has 1 aliphatic carbocycles. The van der Waals surface area contributed by atoms with Gasteiger partial charge in [0.25, 0.3) is 0 Å². The minimum atomic E-state index is -0.242. The quantitative estimate of drug-likeness (QED) is 0.902. The van der Waals surface area contributed by atoms with Crippen LogP contribution in [0.1, 0.15) is 52.0 Å². The van der Waals surface area contributed by atoms with Crippen molar-refractivity contribution in [3.8, 4) is 0 Å². The maximum Gasteiger partial charge on any atom is 0.162 e. The Kier molecular flexibility index (Phi) is 3.75. The van der Waals surface area contributed by atoms with Crippen molar-refractivity contribution in [2.24, 2.45) is 5.41 Å². The van der Waals surface area contributed by atoms with E-state index < -0.39 is 0 Å². The Morgan fingerprint density at radius 2 is 1.83 bits per heavy atom. The second-order valence-electron chi connectivity index (χ2n) is 7.40. The summed E-state index contributed by atoms with van der Waals surface area (Å²) in [5.74, 6) is -0.0644. The lowest BCUT2D eigenvalue weighted by Crippen LogP contribution is -2.38. The van der Waals surface area contributed by atoms with E-state index in [1.807, 2.05) is 37.3 Å². The van der Waals surface area contributed by atoms with E-state index in [1.54, 1.807) is 6.92 Å². The minimum Gasteiger partial charge on any atom is -0.362 e. The van der Waals surface area contributed by atoms with Crippen molar-refractivity contribution in [1.82, 2.24) is 5.32 Å². The second-order valence-corrected chi connectivity index (χ2v) is 7.40. The van der Waals surface area contributed by atoms with Gasteiger partial charge in [-0.3, -0.25) is 9.59 Å². The number of dihydropyridines is 1. The number of hydrogen-bond donors (Lipinski definition) is 1. The molecule has 1 aromatic carbocycles. The maximum atomic E-state index is 12.9. The summed E-state index contributed by atoms with van der Waals surface area (Å²) < 4.78 is 0. The predicted molar refractivity (Wildman–Crippen MR) is 90.7 cm³/mol. The highest BCUT2D eigenvalue weighted by Crippen LogP contribution is 2.46. The zero-order valence-electron chi connectivity index (χ0n) is 14.2. The fourth-order valence-corrected chi connectivity index (χ4v) is 3.88. The van der Waals surface area contributed by atoms with Gasteiger partial charge < -0.3 is 5.32 Å². The molecule has 1 atom stereocenters. The molecule has 3 rings (SSSR count). The zero-order chi connectivity index (χ0) is 16.8. The molecule has 0 bridgehead atoms. The largest absolute Gasteiger partial charge is 0.362 e. The van der Waals surface area contributed by atoms with Gasteiger partial charge in [0.05, 0.1) is 0 Å². The summed E-state index contributed by atoms with van der Waals surface area (Å²) in [5, 5.41) is 3.35. The monoisotopic (exact) mass is 309 g/mol. The van der Waals surface area contributed by atoms with Crippen LogP contribution in [0.15, 0.2) is 52.9 Å². The Morgan fingerprint density at radius 1 is 1.17 bits per heavy atom. The molecule has 1 aliphatic heterocycles. The van der Waals surface area contributed by atoms with Gasteiger partial charge in [-0.15, -0.1) is 0 Å². The van der Waals surface area contributed by atoms with Crippen LogP contribution in [-0.4, -0.2) is 11.6 Å². The van der Waals surface area contributed by atoms with Crippen molar-refractivity contribution in [2.45, 2.75) is 46.5 Å². The SMILES string of the molecule is CC(=O)C1=C(C)NC2=C(C(=O)CC(C)(C)C2)[C@H]1c1ccccc1. The number of nitrogens with one attached hydrogen (secondary N) is 1. The molecule has 120 valence electrons. The smallest absolute Gasteiger partial charge is 0.162 e. The molecule has 1 N–H and O–H groups in total. The number of hydrogen-bond acceptors (Lipinski definition) is 3. The molecule has 0 saturated heterocycles. The molecule has 0 unspecified atom stereocenters. The number of carbonyl (C=O) groups is 2. The van der Waals surface area contributed by atoms with E-state index in [0.29, 0.717) is 12.0 Å². The van der Waals surface area contributed by atoms with Gasteiger partial charge in [0.2, 0.25) is 0 Å². The summed E-state index contributed by atoms with van der Waals surface area (Å²) in [6.07, 6.45) is 1.36. The third-order valence-corrected chi connectivity index (χ3v) is 4.75. The van der Waals surface area contributed by atoms with Crippen molar-refractivity contribution in [3.63, 3.8) is 0 Å². The highest BCUT2D eigenvalue weighted by molar-refractivity contribution is 6.05.